The van der Waals surface area contributed by atoms with Crippen molar-refractivity contribution in [1.82, 2.24) is 0 Å². The zero-order valence-corrected chi connectivity index (χ0v) is 7.27. The molecule has 0 heterocycles. The predicted octanol–water partition coefficient (Wildman–Crippen LogP) is 2.15. The van der Waals surface area contributed by atoms with Gasteiger partial charge in [-0.15, -0.1) is 11.6 Å². The van der Waals surface area contributed by atoms with Crippen LogP contribution in [0.1, 0.15) is 19.8 Å². The molecular weight excluding hydrogens is 160 g/mol. The molecule has 60 valence electrons. The van der Waals surface area contributed by atoms with Crippen molar-refractivity contribution < 1.29 is 4.79 Å². The number of hydrogen-bond acceptors (Lipinski definition) is 1. The molecule has 0 aromatic heterocycles. The van der Waals surface area contributed by atoms with Crippen LogP contribution in [0.2, 0.25) is 0 Å². The maximum atomic E-state index is 11.4. The average molecular weight is 171 g/mol. The summed E-state index contributed by atoms with van der Waals surface area (Å²) in [5.74, 6) is 0.793. The summed E-state index contributed by atoms with van der Waals surface area (Å²) in [6.07, 6.45) is 6.28. The third kappa shape index (κ3) is 0.807. The molecule has 0 spiro atoms. The molecule has 0 aromatic carbocycles. The van der Waals surface area contributed by atoms with Crippen LogP contribution in [0.3, 0.4) is 0 Å². The van der Waals surface area contributed by atoms with Gasteiger partial charge in [0.2, 0.25) is 0 Å². The zero-order valence-electron chi connectivity index (χ0n) is 6.51. The van der Waals surface area contributed by atoms with Crippen LogP contribution >= 0.6 is 11.6 Å². The lowest BCUT2D eigenvalue weighted by Gasteiger charge is -2.47. The Morgan fingerprint density at radius 1 is 1.73 bits per heavy atom. The molecule has 2 heteroatoms. The molecule has 2 aliphatic rings. The summed E-state index contributed by atoms with van der Waals surface area (Å²) in [6, 6.07) is 0. The number of alkyl halides is 1. The van der Waals surface area contributed by atoms with E-state index in [0.29, 0.717) is 5.92 Å². The molecule has 2 rings (SSSR count). The number of fused-ring (bicyclic) bond motifs is 1. The first-order valence-corrected chi connectivity index (χ1v) is 4.41. The molecule has 11 heavy (non-hydrogen) atoms. The summed E-state index contributed by atoms with van der Waals surface area (Å²) < 4.78 is 0. The highest BCUT2D eigenvalue weighted by Crippen LogP contribution is 2.49. The van der Waals surface area contributed by atoms with Gasteiger partial charge in [-0.3, -0.25) is 4.79 Å². The third-order valence-corrected chi connectivity index (χ3v) is 3.30. The van der Waals surface area contributed by atoms with Crippen molar-refractivity contribution >= 4 is 17.4 Å². The van der Waals surface area contributed by atoms with Gasteiger partial charge in [0.1, 0.15) is 4.87 Å². The second-order valence-corrected chi connectivity index (χ2v) is 4.36. The van der Waals surface area contributed by atoms with Crippen molar-refractivity contribution in [3.8, 4) is 0 Å². The van der Waals surface area contributed by atoms with Gasteiger partial charge in [-0.2, -0.15) is 0 Å². The molecule has 0 unspecified atom stereocenters. The zero-order chi connectivity index (χ0) is 8.06. The lowest BCUT2D eigenvalue weighted by molar-refractivity contribution is -0.137. The average Bonchev–Trinajstić information content (AvgIpc) is 2.04. The molecule has 1 nitrogen and oxygen atoms in total. The van der Waals surface area contributed by atoms with Crippen LogP contribution in [0, 0.1) is 11.8 Å². The quantitative estimate of drug-likeness (QED) is 0.402. The Morgan fingerprint density at radius 2 is 2.45 bits per heavy atom. The minimum absolute atomic E-state index is 0.238. The van der Waals surface area contributed by atoms with Crippen LogP contribution in [0.4, 0.5) is 0 Å². The standard InChI is InChI=1S/C9H11ClO/c1-9(10)7-5-3-2-4-6(7)8(9)11/h3,5-7H,2,4H2,1H3/t6-,7+,9+/m0/s1. The van der Waals surface area contributed by atoms with E-state index >= 15 is 0 Å². The number of rotatable bonds is 0. The molecular formula is C9H11ClO. The van der Waals surface area contributed by atoms with Gasteiger partial charge in [0, 0.05) is 11.8 Å². The van der Waals surface area contributed by atoms with Gasteiger partial charge in [-0.1, -0.05) is 12.2 Å². The van der Waals surface area contributed by atoms with Gasteiger partial charge >= 0.3 is 0 Å². The van der Waals surface area contributed by atoms with Gasteiger partial charge in [0.25, 0.3) is 0 Å². The largest absolute Gasteiger partial charge is 0.297 e. The van der Waals surface area contributed by atoms with E-state index < -0.39 is 4.87 Å². The summed E-state index contributed by atoms with van der Waals surface area (Å²) >= 11 is 6.03. The Morgan fingerprint density at radius 3 is 3.09 bits per heavy atom. The van der Waals surface area contributed by atoms with Crippen LogP contribution in [0.25, 0.3) is 0 Å². The Hall–Kier alpha value is -0.300. The monoisotopic (exact) mass is 170 g/mol. The minimum Gasteiger partial charge on any atom is -0.297 e. The number of carbonyl (C=O) groups excluding carboxylic acids is 1. The summed E-state index contributed by atoms with van der Waals surface area (Å²) in [7, 11) is 0. The summed E-state index contributed by atoms with van der Waals surface area (Å²) in [4.78, 5) is 10.8. The van der Waals surface area contributed by atoms with Crippen LogP contribution in [-0.2, 0) is 4.79 Å². The molecule has 0 amide bonds. The number of allylic oxidation sites excluding steroid dienone is 2. The van der Waals surface area contributed by atoms with Crippen molar-refractivity contribution in [2.45, 2.75) is 24.6 Å². The van der Waals surface area contributed by atoms with E-state index in [1.54, 1.807) is 0 Å². The summed E-state index contributed by atoms with van der Waals surface area (Å²) in [5, 5.41) is 0. The van der Waals surface area contributed by atoms with Crippen molar-refractivity contribution in [2.24, 2.45) is 11.8 Å². The molecule has 1 saturated carbocycles. The molecule has 0 aliphatic heterocycles. The van der Waals surface area contributed by atoms with Crippen LogP contribution < -0.4 is 0 Å². The van der Waals surface area contributed by atoms with Gasteiger partial charge in [0.05, 0.1) is 0 Å². The first kappa shape index (κ1) is 7.35. The fourth-order valence-electron chi connectivity index (χ4n) is 2.12. The predicted molar refractivity (Wildman–Crippen MR) is 44.6 cm³/mol. The summed E-state index contributed by atoms with van der Waals surface area (Å²) in [6.45, 7) is 1.83. The number of carbonyl (C=O) groups is 1. The van der Waals surface area contributed by atoms with Crippen molar-refractivity contribution in [3.05, 3.63) is 12.2 Å². The van der Waals surface area contributed by atoms with Crippen molar-refractivity contribution in [1.29, 1.82) is 0 Å². The van der Waals surface area contributed by atoms with Gasteiger partial charge < -0.3 is 0 Å². The topological polar surface area (TPSA) is 17.1 Å². The first-order chi connectivity index (χ1) is 5.14. The normalized spacial score (nSPS) is 48.4. The molecule has 0 aromatic rings. The maximum absolute atomic E-state index is 11.4. The number of ketones is 1. The van der Waals surface area contributed by atoms with Crippen LogP contribution in [-0.4, -0.2) is 10.7 Å². The molecule has 1 fully saturated rings. The fraction of sp³-hybridized carbons (Fsp3) is 0.667. The van der Waals surface area contributed by atoms with Gasteiger partial charge in [-0.25, -0.2) is 0 Å². The molecule has 2 aliphatic carbocycles. The molecule has 0 radical (unpaired) electrons. The molecule has 0 bridgehead atoms. The first-order valence-electron chi connectivity index (χ1n) is 4.04. The van der Waals surface area contributed by atoms with Gasteiger partial charge in [0.15, 0.2) is 5.78 Å². The second kappa shape index (κ2) is 2.10. The molecule has 0 saturated heterocycles. The van der Waals surface area contributed by atoms with Crippen LogP contribution in [0.5, 0.6) is 0 Å². The lowest BCUT2D eigenvalue weighted by Crippen LogP contribution is -2.57. The Labute approximate surface area is 71.4 Å². The molecule has 0 N–H and O–H groups in total. The van der Waals surface area contributed by atoms with Crippen molar-refractivity contribution in [2.75, 3.05) is 0 Å². The Bertz CT molecular complexity index is 230. The smallest absolute Gasteiger partial charge is 0.157 e. The highest BCUT2D eigenvalue weighted by atomic mass is 35.5. The lowest BCUT2D eigenvalue weighted by atomic mass is 9.60. The number of hydrogen-bond donors (Lipinski definition) is 0. The van der Waals surface area contributed by atoms with Gasteiger partial charge in [-0.05, 0) is 19.8 Å². The van der Waals surface area contributed by atoms with E-state index in [-0.39, 0.29) is 11.7 Å². The SMILES string of the molecule is C[C@]1(Cl)C(=O)[C@H]2CCC=C[C@H]21. The van der Waals surface area contributed by atoms with Crippen LogP contribution in [0.15, 0.2) is 12.2 Å². The van der Waals surface area contributed by atoms with E-state index in [4.69, 9.17) is 11.6 Å². The van der Waals surface area contributed by atoms with E-state index in [2.05, 4.69) is 12.2 Å². The fourth-order valence-corrected chi connectivity index (χ4v) is 2.48. The van der Waals surface area contributed by atoms with Crippen molar-refractivity contribution in [3.63, 3.8) is 0 Å². The molecule has 3 atom stereocenters. The maximum Gasteiger partial charge on any atom is 0.157 e. The highest BCUT2D eigenvalue weighted by molar-refractivity contribution is 6.38. The van der Waals surface area contributed by atoms with E-state index in [9.17, 15) is 4.79 Å². The third-order valence-electron chi connectivity index (χ3n) is 2.87. The highest BCUT2D eigenvalue weighted by Gasteiger charge is 2.56. The Balaban J connectivity index is 2.27. The van der Waals surface area contributed by atoms with E-state index in [1.807, 2.05) is 6.92 Å². The number of Topliss-reactive ketones (excluding diaryl/α,β-unsaturated/α-hetero) is 1. The minimum atomic E-state index is -0.582. The van der Waals surface area contributed by atoms with E-state index in [1.165, 1.54) is 0 Å². The number of halogens is 1. The van der Waals surface area contributed by atoms with E-state index in [0.717, 1.165) is 12.8 Å². The summed E-state index contributed by atoms with van der Waals surface area (Å²) in [5.41, 5.74) is 0. The second-order valence-electron chi connectivity index (χ2n) is 3.58. The Kier molecular flexibility index (Phi) is 1.40.